The van der Waals surface area contributed by atoms with E-state index in [1.807, 2.05) is 0 Å². The van der Waals surface area contributed by atoms with Crippen molar-refractivity contribution in [3.8, 4) is 0 Å². The van der Waals surface area contributed by atoms with Crippen molar-refractivity contribution in [1.82, 2.24) is 5.32 Å². The van der Waals surface area contributed by atoms with Gasteiger partial charge in [-0.25, -0.2) is 8.78 Å². The molecule has 7 nitrogen and oxygen atoms in total. The monoisotopic (exact) mass is 439 g/mol. The van der Waals surface area contributed by atoms with E-state index in [-0.39, 0.29) is 30.2 Å². The van der Waals surface area contributed by atoms with E-state index in [0.717, 1.165) is 12.1 Å². The van der Waals surface area contributed by atoms with E-state index < -0.39 is 17.5 Å². The van der Waals surface area contributed by atoms with Gasteiger partial charge in [0.2, 0.25) is 0 Å². The summed E-state index contributed by atoms with van der Waals surface area (Å²) in [6.45, 7) is -0.239. The molecule has 1 N–H and O–H groups in total. The molecule has 160 valence electrons. The van der Waals surface area contributed by atoms with Crippen LogP contribution in [0.2, 0.25) is 5.02 Å². The van der Waals surface area contributed by atoms with Crippen molar-refractivity contribution in [2.24, 2.45) is 10.3 Å². The third-order valence-electron chi connectivity index (χ3n) is 3.91. The predicted octanol–water partition coefficient (Wildman–Crippen LogP) is 3.28. The number of likely N-dealkylation sites (N-methyl/N-ethyl adjacent to an activating group) is 1. The molecular weight excluding hydrogens is 420 g/mol. The van der Waals surface area contributed by atoms with Gasteiger partial charge in [0.05, 0.1) is 6.61 Å². The molecule has 0 aromatic heterocycles. The van der Waals surface area contributed by atoms with Gasteiger partial charge in [0.25, 0.3) is 5.91 Å². The lowest BCUT2D eigenvalue weighted by Gasteiger charge is -2.12. The summed E-state index contributed by atoms with van der Waals surface area (Å²) in [5.74, 6) is -2.01. The summed E-state index contributed by atoms with van der Waals surface area (Å²) < 4.78 is 32.3. The molecule has 30 heavy (non-hydrogen) atoms. The smallest absolute Gasteiger partial charge is 0.273 e. The number of hydrogen-bond acceptors (Lipinski definition) is 6. The van der Waals surface area contributed by atoms with Gasteiger partial charge in [0.1, 0.15) is 31.1 Å². The van der Waals surface area contributed by atoms with Crippen LogP contribution in [-0.4, -0.2) is 45.2 Å². The van der Waals surface area contributed by atoms with Crippen molar-refractivity contribution in [2.45, 2.75) is 6.61 Å². The Bertz CT molecular complexity index is 967. The van der Waals surface area contributed by atoms with Crippen LogP contribution in [0, 0.1) is 11.6 Å². The van der Waals surface area contributed by atoms with Crippen LogP contribution in [0.25, 0.3) is 0 Å². The molecule has 0 heterocycles. The molecule has 0 fully saturated rings. The summed E-state index contributed by atoms with van der Waals surface area (Å²) in [5.41, 5.74) is 0.927. The van der Waals surface area contributed by atoms with Gasteiger partial charge in [0.15, 0.2) is 5.71 Å². The molecule has 0 aliphatic carbocycles. The van der Waals surface area contributed by atoms with E-state index in [1.165, 1.54) is 27.3 Å². The van der Waals surface area contributed by atoms with E-state index in [0.29, 0.717) is 16.1 Å². The maximum Gasteiger partial charge on any atom is 0.273 e. The molecule has 1 amide bonds. The minimum atomic E-state index is -0.804. The standard InChI is InChI=1S/C20H20ClF2N3O4/c1-24-20(27)19(26-29-3)13-5-4-6-16(21)15(13)10-30-25-18(11-28-2)14-8-7-12(22)9-17(14)23/h4-9H,10-11H2,1-3H3,(H,24,27)/b25-18-,26-19+. The van der Waals surface area contributed by atoms with E-state index in [9.17, 15) is 13.6 Å². The summed E-state index contributed by atoms with van der Waals surface area (Å²) in [4.78, 5) is 22.3. The number of carbonyl (C=O) groups is 1. The van der Waals surface area contributed by atoms with Crippen molar-refractivity contribution in [3.05, 3.63) is 69.7 Å². The SMILES string of the molecule is CNC(=O)/C(=N/OC)c1cccc(Cl)c1CO/N=C(/COC)c1ccc(F)cc1F. The second kappa shape index (κ2) is 11.2. The Morgan fingerprint density at radius 1 is 1.13 bits per heavy atom. The van der Waals surface area contributed by atoms with Crippen molar-refractivity contribution in [1.29, 1.82) is 0 Å². The fourth-order valence-corrected chi connectivity index (χ4v) is 2.77. The van der Waals surface area contributed by atoms with Crippen molar-refractivity contribution in [3.63, 3.8) is 0 Å². The molecule has 10 heteroatoms. The molecule has 0 saturated carbocycles. The number of nitrogens with zero attached hydrogens (tertiary/aromatic N) is 2. The minimum absolute atomic E-state index is 0.00762. The maximum atomic E-state index is 14.1. The van der Waals surface area contributed by atoms with Crippen LogP contribution in [0.3, 0.4) is 0 Å². The number of oxime groups is 2. The third kappa shape index (κ3) is 5.74. The number of rotatable bonds is 9. The van der Waals surface area contributed by atoms with Crippen LogP contribution in [0.1, 0.15) is 16.7 Å². The van der Waals surface area contributed by atoms with Gasteiger partial charge < -0.3 is 19.7 Å². The van der Waals surface area contributed by atoms with E-state index in [2.05, 4.69) is 15.6 Å². The highest BCUT2D eigenvalue weighted by Crippen LogP contribution is 2.23. The molecule has 0 spiro atoms. The van der Waals surface area contributed by atoms with Crippen LogP contribution in [0.15, 0.2) is 46.7 Å². The Kier molecular flexibility index (Phi) is 8.70. The minimum Gasteiger partial charge on any atom is -0.398 e. The molecule has 2 aromatic carbocycles. The fourth-order valence-electron chi connectivity index (χ4n) is 2.54. The Morgan fingerprint density at radius 2 is 1.90 bits per heavy atom. The lowest BCUT2D eigenvalue weighted by molar-refractivity contribution is -0.114. The Balaban J connectivity index is 2.35. The first kappa shape index (κ1) is 23.2. The highest BCUT2D eigenvalue weighted by Gasteiger charge is 2.20. The molecule has 0 radical (unpaired) electrons. The number of hydrogen-bond donors (Lipinski definition) is 1. The second-order valence-electron chi connectivity index (χ2n) is 5.84. The predicted molar refractivity (Wildman–Crippen MR) is 109 cm³/mol. The average molecular weight is 440 g/mol. The number of methoxy groups -OCH3 is 1. The van der Waals surface area contributed by atoms with Gasteiger partial charge in [-0.2, -0.15) is 0 Å². The molecule has 0 atom stereocenters. The molecule has 0 aliphatic rings. The summed E-state index contributed by atoms with van der Waals surface area (Å²) >= 11 is 6.28. The average Bonchev–Trinajstić information content (AvgIpc) is 2.72. The number of ether oxygens (including phenoxy) is 1. The number of nitrogens with one attached hydrogen (secondary N) is 1. The lowest BCUT2D eigenvalue weighted by atomic mass is 10.0. The summed E-state index contributed by atoms with van der Waals surface area (Å²) in [7, 11) is 4.16. The zero-order valence-corrected chi connectivity index (χ0v) is 17.3. The highest BCUT2D eigenvalue weighted by atomic mass is 35.5. The van der Waals surface area contributed by atoms with Crippen LogP contribution in [-0.2, 0) is 25.8 Å². The van der Waals surface area contributed by atoms with Crippen molar-refractivity contribution in [2.75, 3.05) is 27.9 Å². The normalized spacial score (nSPS) is 11.9. The van der Waals surface area contributed by atoms with Crippen LogP contribution in [0.4, 0.5) is 8.78 Å². The maximum absolute atomic E-state index is 14.1. The Hall–Kier alpha value is -3.04. The highest BCUT2D eigenvalue weighted by molar-refractivity contribution is 6.46. The molecule has 2 aromatic rings. The number of amides is 1. The van der Waals surface area contributed by atoms with Gasteiger partial charge in [-0.1, -0.05) is 34.0 Å². The van der Waals surface area contributed by atoms with Crippen LogP contribution in [0.5, 0.6) is 0 Å². The quantitative estimate of drug-likeness (QED) is 0.480. The van der Waals surface area contributed by atoms with Gasteiger partial charge in [-0.15, -0.1) is 0 Å². The molecule has 0 saturated heterocycles. The first-order valence-electron chi connectivity index (χ1n) is 8.67. The second-order valence-corrected chi connectivity index (χ2v) is 6.24. The third-order valence-corrected chi connectivity index (χ3v) is 4.26. The number of carbonyl (C=O) groups excluding carboxylic acids is 1. The van der Waals surface area contributed by atoms with E-state index in [4.69, 9.17) is 26.0 Å². The zero-order chi connectivity index (χ0) is 22.1. The van der Waals surface area contributed by atoms with Gasteiger partial charge in [-0.05, 0) is 18.2 Å². The van der Waals surface area contributed by atoms with E-state index >= 15 is 0 Å². The van der Waals surface area contributed by atoms with Gasteiger partial charge in [-0.3, -0.25) is 4.79 Å². The Morgan fingerprint density at radius 3 is 2.53 bits per heavy atom. The van der Waals surface area contributed by atoms with E-state index in [1.54, 1.807) is 18.2 Å². The molecule has 2 rings (SSSR count). The Labute approximate surface area is 177 Å². The van der Waals surface area contributed by atoms with Crippen molar-refractivity contribution < 1.29 is 28.0 Å². The van der Waals surface area contributed by atoms with Crippen LogP contribution < -0.4 is 5.32 Å². The summed E-state index contributed by atoms with van der Waals surface area (Å²) in [6, 6.07) is 7.95. The number of benzene rings is 2. The molecule has 0 unspecified atom stereocenters. The lowest BCUT2D eigenvalue weighted by Crippen LogP contribution is -2.29. The largest absolute Gasteiger partial charge is 0.398 e. The fraction of sp³-hybridized carbons (Fsp3) is 0.250. The molecular formula is C20H20ClF2N3O4. The molecule has 0 aliphatic heterocycles. The summed E-state index contributed by atoms with van der Waals surface area (Å²) in [5, 5.41) is 10.4. The van der Waals surface area contributed by atoms with Gasteiger partial charge in [0, 0.05) is 41.9 Å². The zero-order valence-electron chi connectivity index (χ0n) is 16.5. The molecule has 0 bridgehead atoms. The first-order chi connectivity index (χ1) is 14.4. The van der Waals surface area contributed by atoms with Crippen LogP contribution >= 0.6 is 11.6 Å². The van der Waals surface area contributed by atoms with Crippen molar-refractivity contribution >= 4 is 28.9 Å². The van der Waals surface area contributed by atoms with Gasteiger partial charge >= 0.3 is 0 Å². The summed E-state index contributed by atoms with van der Waals surface area (Å²) in [6.07, 6.45) is 0. The number of halogens is 3. The first-order valence-corrected chi connectivity index (χ1v) is 9.04. The topological polar surface area (TPSA) is 81.5 Å².